The van der Waals surface area contributed by atoms with Gasteiger partial charge in [-0.3, -0.25) is 14.8 Å². The van der Waals surface area contributed by atoms with Crippen LogP contribution in [0.3, 0.4) is 0 Å². The predicted octanol–water partition coefficient (Wildman–Crippen LogP) is 8.73. The number of hydrogen-bond acceptors (Lipinski definition) is 8. The largest absolute Gasteiger partial charge is 0.476 e. The van der Waals surface area contributed by atoms with Crippen LogP contribution in [0.4, 0.5) is 5.13 Å². The first-order valence-electron chi connectivity index (χ1n) is 18.7. The lowest BCUT2D eigenvalue weighted by molar-refractivity contribution is -0.247. The lowest BCUT2D eigenvalue weighted by atomic mass is 9.39. The Bertz CT molecular complexity index is 2440. The number of hydrogen-bond donors (Lipinski definition) is 3. The second kappa shape index (κ2) is 12.5. The molecule has 2 unspecified atom stereocenters. The van der Waals surface area contributed by atoms with Gasteiger partial charge in [-0.1, -0.05) is 61.6 Å². The van der Waals surface area contributed by atoms with E-state index in [0.29, 0.717) is 40.7 Å². The van der Waals surface area contributed by atoms with Crippen LogP contribution in [-0.2, 0) is 11.3 Å². The van der Waals surface area contributed by atoms with Gasteiger partial charge in [-0.15, -0.1) is 0 Å². The van der Waals surface area contributed by atoms with Crippen LogP contribution in [-0.4, -0.2) is 55.5 Å². The van der Waals surface area contributed by atoms with Crippen molar-refractivity contribution in [2.45, 2.75) is 71.4 Å². The van der Waals surface area contributed by atoms with Gasteiger partial charge in [-0.25, -0.2) is 14.8 Å². The molecule has 10 nitrogen and oxygen atoms in total. The van der Waals surface area contributed by atoms with Gasteiger partial charge >= 0.3 is 5.97 Å². The predicted molar refractivity (Wildman–Crippen MR) is 212 cm³/mol. The number of carboxylic acid groups (broad SMARTS) is 1. The van der Waals surface area contributed by atoms with Gasteiger partial charge in [-0.2, -0.15) is 5.10 Å². The Hall–Kier alpha value is -4.97. The van der Waals surface area contributed by atoms with Gasteiger partial charge in [0.2, 0.25) is 0 Å². The molecule has 276 valence electrons. The summed E-state index contributed by atoms with van der Waals surface area (Å²) in [7, 11) is 0. The molecule has 3 aromatic carbocycles. The van der Waals surface area contributed by atoms with Crippen LogP contribution in [0, 0.1) is 23.2 Å². The summed E-state index contributed by atoms with van der Waals surface area (Å²) in [6, 6.07) is 22.8. The van der Waals surface area contributed by atoms with E-state index in [4.69, 9.17) is 20.6 Å². The number of anilines is 1. The highest BCUT2D eigenvalue weighted by molar-refractivity contribution is 7.22. The molecule has 4 aliphatic carbocycles. The van der Waals surface area contributed by atoms with Crippen LogP contribution >= 0.6 is 11.3 Å². The average molecular weight is 741 g/mol. The third-order valence-electron chi connectivity index (χ3n) is 12.1. The fourth-order valence-electron chi connectivity index (χ4n) is 11.3. The van der Waals surface area contributed by atoms with E-state index in [1.165, 1.54) is 17.8 Å². The molecular weight excluding hydrogens is 697 g/mol. The summed E-state index contributed by atoms with van der Waals surface area (Å²) in [5.41, 5.74) is 10.9. The zero-order valence-corrected chi connectivity index (χ0v) is 31.6. The van der Waals surface area contributed by atoms with E-state index in [-0.39, 0.29) is 33.4 Å². The van der Waals surface area contributed by atoms with Gasteiger partial charge in [-0.05, 0) is 109 Å². The monoisotopic (exact) mass is 740 g/mol. The zero-order valence-electron chi connectivity index (χ0n) is 30.8. The fourth-order valence-corrected chi connectivity index (χ4v) is 12.2. The summed E-state index contributed by atoms with van der Waals surface area (Å²) in [5, 5.41) is 20.5. The number of carboxylic acids is 1. The first kappa shape index (κ1) is 34.8. The number of thiazole rings is 1. The lowest BCUT2D eigenvalue weighted by Gasteiger charge is -2.69. The van der Waals surface area contributed by atoms with Crippen molar-refractivity contribution >= 4 is 49.3 Å². The zero-order chi connectivity index (χ0) is 37.5. The molecule has 54 heavy (non-hydrogen) atoms. The first-order chi connectivity index (χ1) is 25.9. The van der Waals surface area contributed by atoms with Gasteiger partial charge in [0.15, 0.2) is 10.8 Å². The molecule has 6 aromatic rings. The summed E-state index contributed by atoms with van der Waals surface area (Å²) < 4.78 is 9.68. The number of para-hydroxylation sites is 1. The summed E-state index contributed by atoms with van der Waals surface area (Å²) in [4.78, 5) is 35.6. The van der Waals surface area contributed by atoms with Crippen molar-refractivity contribution < 1.29 is 19.4 Å². The normalized spacial score (nSPS) is 25.8. The topological polar surface area (TPSA) is 145 Å². The lowest BCUT2D eigenvalue weighted by Crippen LogP contribution is -2.64. The van der Waals surface area contributed by atoms with Crippen molar-refractivity contribution in [1.82, 2.24) is 19.7 Å². The maximum atomic E-state index is 13.6. The van der Waals surface area contributed by atoms with Crippen LogP contribution < -0.4 is 11.1 Å². The molecule has 4 N–H and O–H groups in total. The van der Waals surface area contributed by atoms with E-state index in [1.54, 1.807) is 12.3 Å². The number of benzene rings is 3. The first-order valence-corrected chi connectivity index (χ1v) is 19.5. The molecule has 2 atom stereocenters. The number of aromatic nitrogens is 4. The summed E-state index contributed by atoms with van der Waals surface area (Å²) >= 11 is 1.42. The van der Waals surface area contributed by atoms with E-state index < -0.39 is 5.97 Å². The van der Waals surface area contributed by atoms with Crippen LogP contribution in [0.2, 0.25) is 0 Å². The minimum atomic E-state index is -1.11. The van der Waals surface area contributed by atoms with Gasteiger partial charge < -0.3 is 15.6 Å². The number of carbonyl (C=O) groups excluding carboxylic acids is 1. The van der Waals surface area contributed by atoms with E-state index in [9.17, 15) is 14.7 Å². The Morgan fingerprint density at radius 3 is 2.48 bits per heavy atom. The summed E-state index contributed by atoms with van der Waals surface area (Å²) in [6.07, 6.45) is 8.42. The third-order valence-corrected chi connectivity index (χ3v) is 13.0. The second-order valence-electron chi connectivity index (χ2n) is 16.9. The standard InChI is InChI=1S/C43H44N6O4S/c1-26-32(18-45-49(26)25-42-20-40(2)19-41(3,21-42)23-43(22-40,24-42)53-16-15-44)29-13-14-33(46-36(29)38(51)52)28-12-11-27-7-6-8-30(31(27)17-28)37(50)48-39-47-34-9-4-5-10-35(34)54-39/h4-14,17-18H,15-16,19-25,44H2,1-3H3,(H,51,52)(H,47,48,50). The molecule has 1 amide bonds. The second-order valence-corrected chi connectivity index (χ2v) is 17.9. The maximum Gasteiger partial charge on any atom is 0.355 e. The van der Waals surface area contributed by atoms with Crippen molar-refractivity contribution in [2.24, 2.45) is 22.0 Å². The van der Waals surface area contributed by atoms with Gasteiger partial charge in [0.05, 0.1) is 34.3 Å². The molecule has 4 fully saturated rings. The molecule has 0 aliphatic heterocycles. The molecule has 10 rings (SSSR count). The number of fused-ring (bicyclic) bond motifs is 2. The van der Waals surface area contributed by atoms with Crippen LogP contribution in [0.1, 0.15) is 78.9 Å². The molecule has 4 bridgehead atoms. The Labute approximate surface area is 317 Å². The molecule has 4 saturated carbocycles. The average Bonchev–Trinajstić information content (AvgIpc) is 3.70. The maximum absolute atomic E-state index is 13.6. The van der Waals surface area contributed by atoms with E-state index in [1.807, 2.05) is 73.7 Å². The smallest absolute Gasteiger partial charge is 0.355 e. The highest BCUT2D eigenvalue weighted by atomic mass is 32.1. The molecule has 0 saturated heterocycles. The van der Waals surface area contributed by atoms with E-state index >= 15 is 0 Å². The Balaban J connectivity index is 1.01. The SMILES string of the molecule is Cc1c(-c2ccc(-c3ccc4cccc(C(=O)Nc5nc6ccccc6s5)c4c3)nc2C(=O)O)cnn1CC12CC3(C)CC(C)(C1)CC(OCCN)(C3)C2. The van der Waals surface area contributed by atoms with Crippen LogP contribution in [0.5, 0.6) is 0 Å². The number of pyridine rings is 1. The van der Waals surface area contributed by atoms with Crippen molar-refractivity contribution in [3.8, 4) is 22.4 Å². The molecule has 3 heterocycles. The third kappa shape index (κ3) is 5.99. The van der Waals surface area contributed by atoms with Crippen molar-refractivity contribution in [2.75, 3.05) is 18.5 Å². The fraction of sp³-hybridized carbons (Fsp3) is 0.372. The van der Waals surface area contributed by atoms with Crippen molar-refractivity contribution in [1.29, 1.82) is 0 Å². The van der Waals surface area contributed by atoms with Gasteiger partial charge in [0.25, 0.3) is 5.91 Å². The van der Waals surface area contributed by atoms with Gasteiger partial charge in [0, 0.05) is 41.0 Å². The minimum Gasteiger partial charge on any atom is -0.476 e. The number of aromatic carboxylic acids is 1. The van der Waals surface area contributed by atoms with Gasteiger partial charge in [0.1, 0.15) is 0 Å². The molecular formula is C43H44N6O4S. The molecule has 11 heteroatoms. The van der Waals surface area contributed by atoms with Crippen LogP contribution in [0.15, 0.2) is 79.0 Å². The molecule has 0 radical (unpaired) electrons. The number of nitrogens with zero attached hydrogens (tertiary/aromatic N) is 4. The Kier molecular flexibility index (Phi) is 8.08. The van der Waals surface area contributed by atoms with Crippen LogP contribution in [0.25, 0.3) is 43.4 Å². The number of carbonyl (C=O) groups is 2. The number of ether oxygens (including phenoxy) is 1. The number of rotatable bonds is 10. The molecule has 4 aliphatic rings. The Morgan fingerprint density at radius 1 is 0.926 bits per heavy atom. The van der Waals surface area contributed by atoms with Crippen molar-refractivity contribution in [3.63, 3.8) is 0 Å². The quantitative estimate of drug-likeness (QED) is 0.126. The van der Waals surface area contributed by atoms with Crippen molar-refractivity contribution in [3.05, 3.63) is 95.9 Å². The molecule has 0 spiro atoms. The number of nitrogens with two attached hydrogens (primary N) is 1. The summed E-state index contributed by atoms with van der Waals surface area (Å²) in [6.45, 7) is 8.75. The highest BCUT2D eigenvalue weighted by Crippen LogP contribution is 2.72. The molecule has 3 aromatic heterocycles. The van der Waals surface area contributed by atoms with E-state index in [0.717, 1.165) is 70.9 Å². The number of nitrogens with one attached hydrogen (secondary N) is 1. The van der Waals surface area contributed by atoms with E-state index in [2.05, 4.69) is 28.8 Å². The highest BCUT2D eigenvalue weighted by Gasteiger charge is 2.66. The summed E-state index contributed by atoms with van der Waals surface area (Å²) in [5.74, 6) is -1.38. The number of amides is 1. The minimum absolute atomic E-state index is 0.0405. The Morgan fingerprint density at radius 2 is 1.72 bits per heavy atom.